The third-order valence-electron chi connectivity index (χ3n) is 2.21. The van der Waals surface area contributed by atoms with Crippen LogP contribution in [-0.2, 0) is 9.53 Å². The minimum Gasteiger partial charge on any atom is -0.462 e. The van der Waals surface area contributed by atoms with Crippen molar-refractivity contribution < 1.29 is 13.9 Å². The molecule has 0 aliphatic heterocycles. The van der Waals surface area contributed by atoms with Gasteiger partial charge in [0, 0.05) is 0 Å². The molecule has 1 aromatic carbocycles. The Balaban J connectivity index is 2.61. The summed E-state index contributed by atoms with van der Waals surface area (Å²) in [6, 6.07) is 8.45. The average Bonchev–Trinajstić information content (AvgIpc) is 2.35. The largest absolute Gasteiger partial charge is 0.462 e. The van der Waals surface area contributed by atoms with E-state index >= 15 is 0 Å². The first kappa shape index (κ1) is 13.4. The third-order valence-corrected chi connectivity index (χ3v) is 2.21. The summed E-state index contributed by atoms with van der Waals surface area (Å²) in [6.45, 7) is 7.57. The van der Waals surface area contributed by atoms with E-state index in [2.05, 4.69) is 6.58 Å². The number of carbonyl (C=O) groups excluding carboxylic acids is 1. The van der Waals surface area contributed by atoms with Gasteiger partial charge in [-0.25, -0.2) is 9.18 Å². The van der Waals surface area contributed by atoms with Crippen LogP contribution in [0.2, 0.25) is 0 Å². The van der Waals surface area contributed by atoms with Crippen LogP contribution < -0.4 is 0 Å². The molecule has 1 unspecified atom stereocenters. The number of benzene rings is 1. The fraction of sp³-hybridized carbons (Fsp3) is 0.357. The Bertz CT molecular complexity index is 384. The van der Waals surface area contributed by atoms with E-state index in [4.69, 9.17) is 4.74 Å². The van der Waals surface area contributed by atoms with Crippen LogP contribution in [0.3, 0.4) is 0 Å². The molecule has 0 aromatic heterocycles. The molecule has 0 radical (unpaired) electrons. The number of hydrogen-bond acceptors (Lipinski definition) is 2. The van der Waals surface area contributed by atoms with E-state index in [0.717, 1.165) is 0 Å². The molecule has 1 rings (SSSR count). The second-order valence-electron chi connectivity index (χ2n) is 4.29. The van der Waals surface area contributed by atoms with Crippen molar-refractivity contribution in [1.29, 1.82) is 0 Å². The molecule has 3 heteroatoms. The molecule has 1 atom stereocenters. The predicted molar refractivity (Wildman–Crippen MR) is 65.2 cm³/mol. The van der Waals surface area contributed by atoms with Crippen LogP contribution in [-0.4, -0.2) is 12.6 Å². The lowest BCUT2D eigenvalue weighted by Crippen LogP contribution is -2.14. The smallest absolute Gasteiger partial charge is 0.336 e. The summed E-state index contributed by atoms with van der Waals surface area (Å²) >= 11 is 0. The van der Waals surface area contributed by atoms with Crippen molar-refractivity contribution in [3.8, 4) is 0 Å². The molecule has 0 amide bonds. The highest BCUT2D eigenvalue weighted by Crippen LogP contribution is 2.25. The Hall–Kier alpha value is -1.64. The van der Waals surface area contributed by atoms with Gasteiger partial charge in [0.1, 0.15) is 0 Å². The Morgan fingerprint density at radius 3 is 2.47 bits per heavy atom. The molecule has 0 saturated carbocycles. The number of ether oxygens (including phenoxy) is 1. The van der Waals surface area contributed by atoms with Gasteiger partial charge in [-0.05, 0) is 11.5 Å². The van der Waals surface area contributed by atoms with Gasteiger partial charge in [-0.2, -0.15) is 0 Å². The first-order chi connectivity index (χ1) is 8.02. The maximum Gasteiger partial charge on any atom is 0.336 e. The van der Waals surface area contributed by atoms with Crippen molar-refractivity contribution in [2.24, 2.45) is 5.92 Å². The highest BCUT2D eigenvalue weighted by atomic mass is 19.1. The van der Waals surface area contributed by atoms with Crippen LogP contribution in [0.1, 0.15) is 25.6 Å². The minimum atomic E-state index is -1.50. The first-order valence-corrected chi connectivity index (χ1v) is 5.57. The van der Waals surface area contributed by atoms with E-state index in [1.807, 2.05) is 13.8 Å². The van der Waals surface area contributed by atoms with Crippen LogP contribution in [0, 0.1) is 5.92 Å². The number of hydrogen-bond donors (Lipinski definition) is 0. The number of halogens is 1. The van der Waals surface area contributed by atoms with Crippen molar-refractivity contribution in [2.75, 3.05) is 6.61 Å². The predicted octanol–water partition coefficient (Wildman–Crippen LogP) is 3.45. The molecule has 0 spiro atoms. The molecule has 1 aromatic rings. The molecule has 92 valence electrons. The summed E-state index contributed by atoms with van der Waals surface area (Å²) in [4.78, 5) is 11.5. The lowest BCUT2D eigenvalue weighted by Gasteiger charge is -2.12. The van der Waals surface area contributed by atoms with E-state index in [1.54, 1.807) is 30.3 Å². The number of carbonyl (C=O) groups is 1. The molecule has 0 N–H and O–H groups in total. The molecule has 0 bridgehead atoms. The zero-order valence-electron chi connectivity index (χ0n) is 10.2. The molecule has 0 fully saturated rings. The van der Waals surface area contributed by atoms with E-state index in [-0.39, 0.29) is 18.1 Å². The second-order valence-corrected chi connectivity index (χ2v) is 4.29. The van der Waals surface area contributed by atoms with Crippen LogP contribution >= 0.6 is 0 Å². The van der Waals surface area contributed by atoms with Gasteiger partial charge < -0.3 is 4.74 Å². The number of esters is 1. The second kappa shape index (κ2) is 6.18. The van der Waals surface area contributed by atoms with Gasteiger partial charge in [0.15, 0.2) is 6.17 Å². The van der Waals surface area contributed by atoms with Gasteiger partial charge in [-0.3, -0.25) is 0 Å². The maximum atomic E-state index is 13.9. The number of alkyl halides is 1. The van der Waals surface area contributed by atoms with Crippen molar-refractivity contribution in [2.45, 2.75) is 20.0 Å². The van der Waals surface area contributed by atoms with E-state index in [9.17, 15) is 9.18 Å². The number of rotatable bonds is 5. The minimum absolute atomic E-state index is 0.156. The molecule has 0 aliphatic carbocycles. The normalized spacial score (nSPS) is 12.2. The molecular formula is C14H17FO2. The summed E-state index contributed by atoms with van der Waals surface area (Å²) in [6.07, 6.45) is -1.50. The van der Waals surface area contributed by atoms with E-state index < -0.39 is 12.1 Å². The van der Waals surface area contributed by atoms with Crippen molar-refractivity contribution in [3.05, 3.63) is 48.0 Å². The summed E-state index contributed by atoms with van der Waals surface area (Å²) in [5, 5.41) is 0. The SMILES string of the molecule is C=C(C(=O)OCC(C)C)C(F)c1ccccc1. The van der Waals surface area contributed by atoms with Gasteiger partial charge in [0.05, 0.1) is 12.2 Å². The summed E-state index contributed by atoms with van der Waals surface area (Å²) < 4.78 is 18.8. The van der Waals surface area contributed by atoms with Crippen LogP contribution in [0.25, 0.3) is 0 Å². The first-order valence-electron chi connectivity index (χ1n) is 5.57. The van der Waals surface area contributed by atoms with Gasteiger partial charge in [-0.1, -0.05) is 50.8 Å². The van der Waals surface area contributed by atoms with Gasteiger partial charge in [0.25, 0.3) is 0 Å². The van der Waals surface area contributed by atoms with Crippen molar-refractivity contribution >= 4 is 5.97 Å². The summed E-state index contributed by atoms with van der Waals surface area (Å²) in [5.41, 5.74) is 0.260. The lowest BCUT2D eigenvalue weighted by molar-refractivity contribution is -0.140. The Labute approximate surface area is 101 Å². The molecule has 17 heavy (non-hydrogen) atoms. The molecule has 0 saturated heterocycles. The van der Waals surface area contributed by atoms with E-state index in [1.165, 1.54) is 0 Å². The van der Waals surface area contributed by atoms with E-state index in [0.29, 0.717) is 5.56 Å². The molecule has 0 heterocycles. The standard InChI is InChI=1S/C14H17FO2/c1-10(2)9-17-14(16)11(3)13(15)12-7-5-4-6-8-12/h4-8,10,13H,3,9H2,1-2H3. The van der Waals surface area contributed by atoms with Crippen molar-refractivity contribution in [1.82, 2.24) is 0 Å². The monoisotopic (exact) mass is 236 g/mol. The Morgan fingerprint density at radius 2 is 1.94 bits per heavy atom. The zero-order valence-corrected chi connectivity index (χ0v) is 10.2. The lowest BCUT2D eigenvalue weighted by atomic mass is 10.0. The maximum absolute atomic E-state index is 13.9. The van der Waals surface area contributed by atoms with Crippen LogP contribution in [0.15, 0.2) is 42.5 Å². The topological polar surface area (TPSA) is 26.3 Å². The fourth-order valence-corrected chi connectivity index (χ4v) is 1.26. The van der Waals surface area contributed by atoms with Gasteiger partial charge >= 0.3 is 5.97 Å². The Kier molecular flexibility index (Phi) is 4.88. The zero-order chi connectivity index (χ0) is 12.8. The molecule has 2 nitrogen and oxygen atoms in total. The van der Waals surface area contributed by atoms with Crippen LogP contribution in [0.4, 0.5) is 4.39 Å². The highest BCUT2D eigenvalue weighted by molar-refractivity contribution is 5.89. The van der Waals surface area contributed by atoms with Gasteiger partial charge in [-0.15, -0.1) is 0 Å². The van der Waals surface area contributed by atoms with Crippen LogP contribution in [0.5, 0.6) is 0 Å². The fourth-order valence-electron chi connectivity index (χ4n) is 1.26. The Morgan fingerprint density at radius 1 is 1.35 bits per heavy atom. The van der Waals surface area contributed by atoms with Gasteiger partial charge in [0.2, 0.25) is 0 Å². The third kappa shape index (κ3) is 4.02. The summed E-state index contributed by atoms with van der Waals surface area (Å²) in [5.74, 6) is -0.448. The highest BCUT2D eigenvalue weighted by Gasteiger charge is 2.21. The van der Waals surface area contributed by atoms with Crippen molar-refractivity contribution in [3.63, 3.8) is 0 Å². The average molecular weight is 236 g/mol. The quantitative estimate of drug-likeness (QED) is 0.578. The molecular weight excluding hydrogens is 219 g/mol. The molecule has 0 aliphatic rings. The summed E-state index contributed by atoms with van der Waals surface area (Å²) in [7, 11) is 0.